The van der Waals surface area contributed by atoms with Crippen LogP contribution >= 0.6 is 0 Å². The van der Waals surface area contributed by atoms with Crippen molar-refractivity contribution in [2.24, 2.45) is 0 Å². The molecule has 0 atom stereocenters. The van der Waals surface area contributed by atoms with E-state index in [-0.39, 0.29) is 23.1 Å². The molecule has 0 aliphatic carbocycles. The number of anilines is 1. The third-order valence-corrected chi connectivity index (χ3v) is 4.92. The number of nitrogens with one attached hydrogen (secondary N) is 1. The summed E-state index contributed by atoms with van der Waals surface area (Å²) in [7, 11) is -3.41. The van der Waals surface area contributed by atoms with Crippen LogP contribution in [0.3, 0.4) is 0 Å². The van der Waals surface area contributed by atoms with E-state index in [2.05, 4.69) is 20.3 Å². The molecule has 0 spiro atoms. The van der Waals surface area contributed by atoms with Gasteiger partial charge < -0.3 is 5.32 Å². The van der Waals surface area contributed by atoms with Crippen LogP contribution in [0, 0.1) is 0 Å². The van der Waals surface area contributed by atoms with Gasteiger partial charge in [-0.2, -0.15) is 13.2 Å². The SMILES string of the molecule is CS(=O)(=O)c1ccc(-c2cc(C(F)(F)F)nc(NCc3ccncc3)n2)cc1. The summed E-state index contributed by atoms with van der Waals surface area (Å²) in [5, 5.41) is 2.77. The number of nitrogens with zero attached hydrogens (tertiary/aromatic N) is 3. The lowest BCUT2D eigenvalue weighted by atomic mass is 10.1. The topological polar surface area (TPSA) is 84.8 Å². The highest BCUT2D eigenvalue weighted by molar-refractivity contribution is 7.90. The third-order valence-electron chi connectivity index (χ3n) is 3.79. The van der Waals surface area contributed by atoms with Crippen molar-refractivity contribution < 1.29 is 21.6 Å². The van der Waals surface area contributed by atoms with E-state index in [1.54, 1.807) is 24.5 Å². The molecule has 3 aromatic rings. The number of aromatic nitrogens is 3. The summed E-state index contributed by atoms with van der Waals surface area (Å²) >= 11 is 0. The van der Waals surface area contributed by atoms with E-state index in [1.165, 1.54) is 24.3 Å². The molecule has 0 bridgehead atoms. The van der Waals surface area contributed by atoms with Crippen molar-refractivity contribution in [3.63, 3.8) is 0 Å². The second kappa shape index (κ2) is 7.55. The van der Waals surface area contributed by atoms with Crippen LogP contribution in [-0.2, 0) is 22.6 Å². The number of alkyl halides is 3. The molecule has 3 rings (SSSR count). The summed E-state index contributed by atoms with van der Waals surface area (Å²) < 4.78 is 62.8. The molecule has 0 aliphatic rings. The van der Waals surface area contributed by atoms with Gasteiger partial charge in [-0.1, -0.05) is 12.1 Å². The van der Waals surface area contributed by atoms with Crippen LogP contribution in [0.5, 0.6) is 0 Å². The number of rotatable bonds is 5. The normalized spacial score (nSPS) is 12.0. The van der Waals surface area contributed by atoms with Gasteiger partial charge >= 0.3 is 6.18 Å². The van der Waals surface area contributed by atoms with Gasteiger partial charge in [-0.3, -0.25) is 4.98 Å². The van der Waals surface area contributed by atoms with Crippen LogP contribution in [0.15, 0.2) is 59.8 Å². The largest absolute Gasteiger partial charge is 0.433 e. The van der Waals surface area contributed by atoms with E-state index >= 15 is 0 Å². The summed E-state index contributed by atoms with van der Waals surface area (Å²) in [6.07, 6.45) is -0.468. The number of pyridine rings is 1. The lowest BCUT2D eigenvalue weighted by Gasteiger charge is -2.12. The Kier molecular flexibility index (Phi) is 5.32. The van der Waals surface area contributed by atoms with Crippen LogP contribution < -0.4 is 5.32 Å². The summed E-state index contributed by atoms with van der Waals surface area (Å²) in [6, 6.07) is 9.72. The van der Waals surface area contributed by atoms with Crippen molar-refractivity contribution >= 4 is 15.8 Å². The minimum Gasteiger partial charge on any atom is -0.350 e. The van der Waals surface area contributed by atoms with E-state index in [9.17, 15) is 21.6 Å². The second-order valence-corrected chi connectivity index (χ2v) is 7.98. The van der Waals surface area contributed by atoms with E-state index in [4.69, 9.17) is 0 Å². The van der Waals surface area contributed by atoms with Gasteiger partial charge in [-0.25, -0.2) is 18.4 Å². The van der Waals surface area contributed by atoms with Gasteiger partial charge in [0.1, 0.15) is 0 Å². The zero-order valence-electron chi connectivity index (χ0n) is 14.6. The standard InChI is InChI=1S/C18H15F3N4O2S/c1-28(26,27)14-4-2-13(3-5-14)15-10-16(18(19,20)21)25-17(24-15)23-11-12-6-8-22-9-7-12/h2-10H,11H2,1H3,(H,23,24,25). The quantitative estimate of drug-likeness (QED) is 0.695. The first-order chi connectivity index (χ1) is 13.1. The molecule has 2 aromatic heterocycles. The number of benzene rings is 1. The van der Waals surface area contributed by atoms with Gasteiger partial charge in [-0.05, 0) is 35.9 Å². The van der Waals surface area contributed by atoms with Gasteiger partial charge in [-0.15, -0.1) is 0 Å². The summed E-state index contributed by atoms with van der Waals surface area (Å²) in [4.78, 5) is 11.6. The first-order valence-corrected chi connectivity index (χ1v) is 9.91. The Morgan fingerprint density at radius 2 is 1.64 bits per heavy atom. The highest BCUT2D eigenvalue weighted by Gasteiger charge is 2.33. The Morgan fingerprint density at radius 1 is 1.00 bits per heavy atom. The Hall–Kier alpha value is -3.01. The molecular formula is C18H15F3N4O2S. The average molecular weight is 408 g/mol. The maximum absolute atomic E-state index is 13.2. The first kappa shape index (κ1) is 19.7. The zero-order valence-corrected chi connectivity index (χ0v) is 15.4. The maximum atomic E-state index is 13.2. The van der Waals surface area contributed by atoms with Crippen LogP contribution in [0.4, 0.5) is 19.1 Å². The molecule has 0 saturated carbocycles. The minimum atomic E-state index is -4.66. The minimum absolute atomic E-state index is 0.0274. The fraction of sp³-hybridized carbons (Fsp3) is 0.167. The van der Waals surface area contributed by atoms with Crippen LogP contribution in [0.2, 0.25) is 0 Å². The Morgan fingerprint density at radius 3 is 2.21 bits per heavy atom. The molecule has 10 heteroatoms. The average Bonchev–Trinajstić information content (AvgIpc) is 2.66. The van der Waals surface area contributed by atoms with Gasteiger partial charge in [0.2, 0.25) is 5.95 Å². The lowest BCUT2D eigenvalue weighted by molar-refractivity contribution is -0.141. The van der Waals surface area contributed by atoms with Gasteiger partial charge in [0.25, 0.3) is 0 Å². The first-order valence-electron chi connectivity index (χ1n) is 8.02. The fourth-order valence-electron chi connectivity index (χ4n) is 2.37. The molecule has 0 fully saturated rings. The molecule has 0 amide bonds. The molecule has 0 unspecified atom stereocenters. The van der Waals surface area contributed by atoms with Gasteiger partial charge in [0.05, 0.1) is 10.6 Å². The van der Waals surface area contributed by atoms with Crippen molar-refractivity contribution in [1.82, 2.24) is 15.0 Å². The number of sulfone groups is 1. The monoisotopic (exact) mass is 408 g/mol. The highest BCUT2D eigenvalue weighted by atomic mass is 32.2. The molecule has 28 heavy (non-hydrogen) atoms. The summed E-state index contributed by atoms with van der Waals surface area (Å²) in [6.45, 7) is 0.219. The molecule has 1 aromatic carbocycles. The third kappa shape index (κ3) is 4.83. The van der Waals surface area contributed by atoms with Crippen molar-refractivity contribution in [3.05, 3.63) is 66.1 Å². The Balaban J connectivity index is 1.96. The van der Waals surface area contributed by atoms with Crippen molar-refractivity contribution in [1.29, 1.82) is 0 Å². The molecular weight excluding hydrogens is 393 g/mol. The number of hydrogen-bond donors (Lipinski definition) is 1. The van der Waals surface area contributed by atoms with Crippen LogP contribution in [-0.4, -0.2) is 29.6 Å². The molecule has 0 aliphatic heterocycles. The smallest absolute Gasteiger partial charge is 0.350 e. The highest BCUT2D eigenvalue weighted by Crippen LogP contribution is 2.31. The molecule has 6 nitrogen and oxygen atoms in total. The fourth-order valence-corrected chi connectivity index (χ4v) is 3.00. The predicted molar refractivity (Wildman–Crippen MR) is 97.1 cm³/mol. The molecule has 0 radical (unpaired) electrons. The predicted octanol–water partition coefficient (Wildman–Crippen LogP) is 3.57. The van der Waals surface area contributed by atoms with Crippen LogP contribution in [0.25, 0.3) is 11.3 Å². The number of hydrogen-bond acceptors (Lipinski definition) is 6. The summed E-state index contributed by atoms with van der Waals surface area (Å²) in [5.41, 5.74) is 0.0730. The van der Waals surface area contributed by atoms with Crippen LogP contribution in [0.1, 0.15) is 11.3 Å². The van der Waals surface area contributed by atoms with Crippen molar-refractivity contribution in [2.75, 3.05) is 11.6 Å². The van der Waals surface area contributed by atoms with E-state index in [0.29, 0.717) is 5.56 Å². The molecule has 2 heterocycles. The maximum Gasteiger partial charge on any atom is 0.433 e. The number of halogens is 3. The Bertz CT molecular complexity index is 1070. The van der Waals surface area contributed by atoms with Gasteiger partial charge in [0.15, 0.2) is 15.5 Å². The lowest BCUT2D eigenvalue weighted by Crippen LogP contribution is -2.12. The van der Waals surface area contributed by atoms with Crippen molar-refractivity contribution in [3.8, 4) is 11.3 Å². The van der Waals surface area contributed by atoms with Gasteiger partial charge in [0, 0.05) is 30.8 Å². The van der Waals surface area contributed by atoms with Crippen molar-refractivity contribution in [2.45, 2.75) is 17.6 Å². The van der Waals surface area contributed by atoms with E-state index in [1.807, 2.05) is 0 Å². The summed E-state index contributed by atoms with van der Waals surface area (Å²) in [5.74, 6) is -0.186. The zero-order chi connectivity index (χ0) is 20.4. The second-order valence-electron chi connectivity index (χ2n) is 5.97. The molecule has 146 valence electrons. The van der Waals surface area contributed by atoms with E-state index < -0.39 is 21.7 Å². The molecule has 0 saturated heterocycles. The Labute approximate surface area is 159 Å². The molecule has 1 N–H and O–H groups in total. The van der Waals surface area contributed by atoms with E-state index in [0.717, 1.165) is 17.9 Å².